The molecule has 0 aliphatic carbocycles. The number of anilines is 1. The van der Waals surface area contributed by atoms with Gasteiger partial charge in [-0.15, -0.1) is 0 Å². The topological polar surface area (TPSA) is 74.3 Å². The number of rotatable bonds is 3. The van der Waals surface area contributed by atoms with Gasteiger partial charge in [0.2, 0.25) is 0 Å². The molecule has 0 amide bonds. The Morgan fingerprint density at radius 2 is 2.21 bits per heavy atom. The first-order valence-corrected chi connectivity index (χ1v) is 6.56. The summed E-state index contributed by atoms with van der Waals surface area (Å²) in [4.78, 5) is 23.3. The molecular weight excluding hydrogens is 264 g/mol. The molecule has 0 aliphatic heterocycles. The van der Waals surface area contributed by atoms with Gasteiger partial charge in [-0.25, -0.2) is 4.79 Å². The lowest BCUT2D eigenvalue weighted by Gasteiger charge is -2.14. The minimum Gasteiger partial charge on any atom is -0.467 e. The molecule has 19 heavy (non-hydrogen) atoms. The second kappa shape index (κ2) is 5.27. The zero-order valence-corrected chi connectivity index (χ0v) is 11.4. The van der Waals surface area contributed by atoms with Crippen LogP contribution in [-0.2, 0) is 9.53 Å². The number of methoxy groups -OCH3 is 1. The van der Waals surface area contributed by atoms with E-state index in [1.54, 1.807) is 30.5 Å². The van der Waals surface area contributed by atoms with E-state index in [-0.39, 0.29) is 4.87 Å². The monoisotopic (exact) mass is 278 g/mol. The number of nitrogen functional groups attached to an aromatic ring is 1. The third-order valence-corrected chi connectivity index (χ3v) is 3.58. The largest absolute Gasteiger partial charge is 0.467 e. The summed E-state index contributed by atoms with van der Waals surface area (Å²) in [5.74, 6) is -0.453. The molecule has 0 fully saturated rings. The van der Waals surface area contributed by atoms with Crippen molar-refractivity contribution in [3.8, 4) is 11.3 Å². The van der Waals surface area contributed by atoms with Crippen molar-refractivity contribution in [1.29, 1.82) is 0 Å². The SMILES string of the molecule is COC(=O)C(C)n1c(-c2cccc(N)c2)csc1=O. The van der Waals surface area contributed by atoms with E-state index < -0.39 is 12.0 Å². The molecule has 2 aromatic rings. The standard InChI is InChI=1S/C13H14N2O3S/c1-8(12(16)18-2)15-11(7-19-13(15)17)9-4-3-5-10(14)6-9/h3-8H,14H2,1-2H3. The number of aromatic nitrogens is 1. The summed E-state index contributed by atoms with van der Waals surface area (Å²) in [7, 11) is 1.30. The van der Waals surface area contributed by atoms with Crippen molar-refractivity contribution in [1.82, 2.24) is 4.57 Å². The summed E-state index contributed by atoms with van der Waals surface area (Å²) in [6.45, 7) is 1.63. The van der Waals surface area contributed by atoms with Gasteiger partial charge in [-0.2, -0.15) is 0 Å². The van der Waals surface area contributed by atoms with Gasteiger partial charge in [0, 0.05) is 16.6 Å². The molecule has 1 unspecified atom stereocenters. The average Bonchev–Trinajstić information content (AvgIpc) is 2.79. The second-order valence-corrected chi connectivity index (χ2v) is 4.90. The number of ether oxygens (including phenoxy) is 1. The maximum atomic E-state index is 11.9. The summed E-state index contributed by atoms with van der Waals surface area (Å²) in [5.41, 5.74) is 7.81. The number of benzene rings is 1. The van der Waals surface area contributed by atoms with Crippen LogP contribution in [0.4, 0.5) is 5.69 Å². The highest BCUT2D eigenvalue weighted by Gasteiger charge is 2.21. The average molecular weight is 278 g/mol. The van der Waals surface area contributed by atoms with Crippen LogP contribution in [0, 0.1) is 0 Å². The number of hydrogen-bond donors (Lipinski definition) is 1. The Balaban J connectivity index is 2.55. The molecule has 1 atom stereocenters. The Hall–Kier alpha value is -2.08. The van der Waals surface area contributed by atoms with Crippen molar-refractivity contribution in [3.63, 3.8) is 0 Å². The van der Waals surface area contributed by atoms with E-state index in [2.05, 4.69) is 4.74 Å². The Kier molecular flexibility index (Phi) is 3.71. The Morgan fingerprint density at radius 1 is 1.47 bits per heavy atom. The summed E-state index contributed by atoms with van der Waals surface area (Å²) in [6, 6.07) is 6.52. The fraction of sp³-hybridized carbons (Fsp3) is 0.231. The number of nitrogens with two attached hydrogens (primary N) is 1. The molecular formula is C13H14N2O3S. The molecule has 5 nitrogen and oxygen atoms in total. The van der Waals surface area contributed by atoms with Gasteiger partial charge in [0.1, 0.15) is 6.04 Å². The first-order valence-electron chi connectivity index (χ1n) is 5.68. The van der Waals surface area contributed by atoms with E-state index in [4.69, 9.17) is 5.73 Å². The maximum absolute atomic E-state index is 11.9. The van der Waals surface area contributed by atoms with Gasteiger partial charge >= 0.3 is 10.8 Å². The molecule has 1 heterocycles. The molecule has 1 aromatic heterocycles. The van der Waals surface area contributed by atoms with Crippen LogP contribution in [0.1, 0.15) is 13.0 Å². The summed E-state index contributed by atoms with van der Waals surface area (Å²) < 4.78 is 6.11. The molecule has 6 heteroatoms. The van der Waals surface area contributed by atoms with Crippen molar-refractivity contribution >= 4 is 23.0 Å². The predicted molar refractivity (Wildman–Crippen MR) is 75.2 cm³/mol. The minimum atomic E-state index is -0.666. The number of carbonyl (C=O) groups is 1. The Labute approximate surface area is 114 Å². The zero-order chi connectivity index (χ0) is 14.0. The van der Waals surface area contributed by atoms with E-state index in [0.717, 1.165) is 16.9 Å². The molecule has 2 N–H and O–H groups in total. The molecule has 0 aliphatic rings. The van der Waals surface area contributed by atoms with Crippen LogP contribution in [0.25, 0.3) is 11.3 Å². The molecule has 0 spiro atoms. The minimum absolute atomic E-state index is 0.199. The lowest BCUT2D eigenvalue weighted by atomic mass is 10.1. The van der Waals surface area contributed by atoms with Gasteiger partial charge in [0.05, 0.1) is 12.8 Å². The van der Waals surface area contributed by atoms with Gasteiger partial charge in [0.15, 0.2) is 0 Å². The number of nitrogens with zero attached hydrogens (tertiary/aromatic N) is 1. The Bertz CT molecular complexity index is 660. The highest BCUT2D eigenvalue weighted by atomic mass is 32.1. The molecule has 0 saturated heterocycles. The van der Waals surface area contributed by atoms with Crippen LogP contribution in [0.5, 0.6) is 0 Å². The molecule has 2 rings (SSSR count). The normalized spacial score (nSPS) is 12.1. The number of esters is 1. The van der Waals surface area contributed by atoms with Crippen LogP contribution in [0.3, 0.4) is 0 Å². The molecule has 0 radical (unpaired) electrons. The van der Waals surface area contributed by atoms with E-state index in [9.17, 15) is 9.59 Å². The predicted octanol–water partition coefficient (Wildman–Crippen LogP) is 1.89. The van der Waals surface area contributed by atoms with Crippen LogP contribution in [0.2, 0.25) is 0 Å². The van der Waals surface area contributed by atoms with E-state index in [1.165, 1.54) is 11.7 Å². The van der Waals surface area contributed by atoms with Crippen molar-refractivity contribution < 1.29 is 9.53 Å². The van der Waals surface area contributed by atoms with Crippen molar-refractivity contribution in [2.24, 2.45) is 0 Å². The van der Waals surface area contributed by atoms with Gasteiger partial charge < -0.3 is 10.5 Å². The van der Waals surface area contributed by atoms with Gasteiger partial charge in [-0.3, -0.25) is 9.36 Å². The summed E-state index contributed by atoms with van der Waals surface area (Å²) in [6.07, 6.45) is 0. The van der Waals surface area contributed by atoms with Crippen molar-refractivity contribution in [2.75, 3.05) is 12.8 Å². The zero-order valence-electron chi connectivity index (χ0n) is 10.6. The van der Waals surface area contributed by atoms with E-state index in [1.807, 2.05) is 6.07 Å². The highest BCUT2D eigenvalue weighted by Crippen LogP contribution is 2.25. The maximum Gasteiger partial charge on any atom is 0.328 e. The summed E-state index contributed by atoms with van der Waals surface area (Å²) in [5, 5.41) is 1.72. The molecule has 1 aromatic carbocycles. The number of hydrogen-bond acceptors (Lipinski definition) is 5. The van der Waals surface area contributed by atoms with Crippen LogP contribution < -0.4 is 10.6 Å². The lowest BCUT2D eigenvalue weighted by Crippen LogP contribution is -2.25. The lowest BCUT2D eigenvalue weighted by molar-refractivity contribution is -0.144. The first kappa shape index (κ1) is 13.4. The van der Waals surface area contributed by atoms with Gasteiger partial charge in [-0.05, 0) is 19.1 Å². The summed E-state index contributed by atoms with van der Waals surface area (Å²) >= 11 is 1.05. The Morgan fingerprint density at radius 3 is 2.84 bits per heavy atom. The van der Waals surface area contributed by atoms with Crippen LogP contribution in [-0.4, -0.2) is 17.6 Å². The van der Waals surface area contributed by atoms with Gasteiger partial charge in [0.25, 0.3) is 0 Å². The van der Waals surface area contributed by atoms with Crippen molar-refractivity contribution in [2.45, 2.75) is 13.0 Å². The first-order chi connectivity index (χ1) is 9.04. The van der Waals surface area contributed by atoms with E-state index in [0.29, 0.717) is 11.4 Å². The smallest absolute Gasteiger partial charge is 0.328 e. The molecule has 0 saturated carbocycles. The fourth-order valence-corrected chi connectivity index (χ4v) is 2.70. The number of thiazole rings is 1. The highest BCUT2D eigenvalue weighted by molar-refractivity contribution is 7.07. The van der Waals surface area contributed by atoms with E-state index >= 15 is 0 Å². The third kappa shape index (κ3) is 2.53. The van der Waals surface area contributed by atoms with Crippen LogP contribution in [0.15, 0.2) is 34.4 Å². The van der Waals surface area contributed by atoms with Gasteiger partial charge in [-0.1, -0.05) is 23.5 Å². The molecule has 0 bridgehead atoms. The van der Waals surface area contributed by atoms with Crippen molar-refractivity contribution in [3.05, 3.63) is 39.3 Å². The second-order valence-electron chi connectivity index (χ2n) is 4.08. The number of carbonyl (C=O) groups excluding carboxylic acids is 1. The van der Waals surface area contributed by atoms with Crippen LogP contribution >= 0.6 is 11.3 Å². The third-order valence-electron chi connectivity index (χ3n) is 2.84. The molecule has 100 valence electrons. The fourth-order valence-electron chi connectivity index (χ4n) is 1.87. The quantitative estimate of drug-likeness (QED) is 0.687.